The van der Waals surface area contributed by atoms with E-state index >= 15 is 0 Å². The summed E-state index contributed by atoms with van der Waals surface area (Å²) in [4.78, 5) is 14.5. The molecule has 0 spiro atoms. The summed E-state index contributed by atoms with van der Waals surface area (Å²) >= 11 is 12.1. The van der Waals surface area contributed by atoms with Crippen LogP contribution in [-0.4, -0.2) is 23.6 Å². The van der Waals surface area contributed by atoms with Gasteiger partial charge in [-0.2, -0.15) is 0 Å². The van der Waals surface area contributed by atoms with E-state index in [1.165, 1.54) is 12.3 Å². The fraction of sp³-hybridized carbons (Fsp3) is 0.211. The second kappa shape index (κ2) is 7.58. The smallest absolute Gasteiger partial charge is 0.197 e. The first kappa shape index (κ1) is 18.0. The van der Waals surface area contributed by atoms with Crippen LogP contribution >= 0.6 is 23.2 Å². The van der Waals surface area contributed by atoms with Gasteiger partial charge >= 0.3 is 0 Å². The van der Waals surface area contributed by atoms with Gasteiger partial charge in [-0.3, -0.25) is 9.69 Å². The first-order valence-electron chi connectivity index (χ1n) is 7.76. The molecule has 0 radical (unpaired) electrons. The number of aliphatic hydroxyl groups excluding tert-OH is 1. The predicted molar refractivity (Wildman–Crippen MR) is 100 cm³/mol. The molecule has 0 saturated heterocycles. The molecule has 0 unspecified atom stereocenters. The highest BCUT2D eigenvalue weighted by atomic mass is 35.5. The number of hydrogen-bond acceptors (Lipinski definition) is 4. The third-order valence-electron chi connectivity index (χ3n) is 3.97. The molecule has 0 bridgehead atoms. The molecule has 3 rings (SSSR count). The molecule has 1 heterocycles. The molecule has 0 saturated carbocycles. The van der Waals surface area contributed by atoms with E-state index in [1.54, 1.807) is 6.07 Å². The lowest BCUT2D eigenvalue weighted by Crippen LogP contribution is -2.26. The van der Waals surface area contributed by atoms with Crippen molar-refractivity contribution in [3.63, 3.8) is 0 Å². The minimum atomic E-state index is -0.636. The fourth-order valence-corrected chi connectivity index (χ4v) is 3.28. The molecule has 2 aromatic carbocycles. The molecule has 0 fully saturated rings. The van der Waals surface area contributed by atoms with Crippen LogP contribution in [0.25, 0.3) is 11.0 Å². The van der Waals surface area contributed by atoms with Crippen molar-refractivity contribution in [1.82, 2.24) is 4.90 Å². The van der Waals surface area contributed by atoms with Gasteiger partial charge in [-0.1, -0.05) is 53.5 Å². The Morgan fingerprint density at radius 1 is 1.20 bits per heavy atom. The zero-order valence-electron chi connectivity index (χ0n) is 13.6. The maximum absolute atomic E-state index is 12.7. The van der Waals surface area contributed by atoms with Gasteiger partial charge in [0.25, 0.3) is 0 Å². The average Bonchev–Trinajstić information content (AvgIpc) is 2.58. The van der Waals surface area contributed by atoms with Gasteiger partial charge in [-0.25, -0.2) is 0 Å². The number of fused-ring (bicyclic) bond motifs is 1. The van der Waals surface area contributed by atoms with Crippen molar-refractivity contribution < 1.29 is 9.52 Å². The van der Waals surface area contributed by atoms with Crippen molar-refractivity contribution in [3.8, 4) is 0 Å². The van der Waals surface area contributed by atoms with Crippen LogP contribution in [0.15, 0.2) is 57.9 Å². The van der Waals surface area contributed by atoms with E-state index < -0.39 is 6.10 Å². The van der Waals surface area contributed by atoms with Crippen LogP contribution in [0.2, 0.25) is 10.0 Å². The lowest BCUT2D eigenvalue weighted by atomic mass is 10.1. The molecule has 1 aromatic heterocycles. The highest BCUT2D eigenvalue weighted by Crippen LogP contribution is 2.26. The zero-order chi connectivity index (χ0) is 18.0. The molecule has 1 atom stereocenters. The lowest BCUT2D eigenvalue weighted by molar-refractivity contribution is 0.123. The minimum Gasteiger partial charge on any atom is -0.462 e. The highest BCUT2D eigenvalue weighted by Gasteiger charge is 2.15. The van der Waals surface area contributed by atoms with Crippen LogP contribution in [0.5, 0.6) is 0 Å². The van der Waals surface area contributed by atoms with Gasteiger partial charge in [0.1, 0.15) is 0 Å². The third kappa shape index (κ3) is 4.05. The van der Waals surface area contributed by atoms with Crippen molar-refractivity contribution in [3.05, 3.63) is 80.1 Å². The van der Waals surface area contributed by atoms with E-state index in [0.717, 1.165) is 5.56 Å². The van der Waals surface area contributed by atoms with E-state index in [1.807, 2.05) is 42.3 Å². The quantitative estimate of drug-likeness (QED) is 0.721. The predicted octanol–water partition coefficient (Wildman–Crippen LogP) is 4.27. The Balaban J connectivity index is 1.81. The summed E-state index contributed by atoms with van der Waals surface area (Å²) in [7, 11) is 1.83. The topological polar surface area (TPSA) is 53.7 Å². The maximum Gasteiger partial charge on any atom is 0.197 e. The van der Waals surface area contributed by atoms with Crippen molar-refractivity contribution in [1.29, 1.82) is 0 Å². The van der Waals surface area contributed by atoms with E-state index in [9.17, 15) is 9.90 Å². The van der Waals surface area contributed by atoms with Crippen LogP contribution in [0.1, 0.15) is 17.2 Å². The van der Waals surface area contributed by atoms with Crippen LogP contribution < -0.4 is 5.43 Å². The Kier molecular flexibility index (Phi) is 5.45. The molecule has 0 aliphatic carbocycles. The summed E-state index contributed by atoms with van der Waals surface area (Å²) in [5.74, 6) is 0. The molecule has 25 heavy (non-hydrogen) atoms. The van der Waals surface area contributed by atoms with Gasteiger partial charge < -0.3 is 9.52 Å². The van der Waals surface area contributed by atoms with Gasteiger partial charge in [0, 0.05) is 23.7 Å². The Morgan fingerprint density at radius 2 is 1.92 bits per heavy atom. The van der Waals surface area contributed by atoms with Crippen molar-refractivity contribution in [2.24, 2.45) is 0 Å². The Hall–Kier alpha value is -1.85. The van der Waals surface area contributed by atoms with E-state index in [0.29, 0.717) is 39.7 Å². The average molecular weight is 378 g/mol. The number of rotatable bonds is 5. The maximum atomic E-state index is 12.7. The van der Waals surface area contributed by atoms with Crippen molar-refractivity contribution in [2.75, 3.05) is 13.6 Å². The normalized spacial score (nSPS) is 12.7. The number of benzene rings is 2. The summed E-state index contributed by atoms with van der Waals surface area (Å²) in [5.41, 5.74) is 1.46. The number of hydrogen-bond donors (Lipinski definition) is 1. The summed E-state index contributed by atoms with van der Waals surface area (Å²) < 4.78 is 5.52. The standard InChI is InChI=1S/C19H17Cl2NO3/c1-22(10-17(23)12-5-3-2-4-6-12)9-13-11-25-19-15(18(13)24)7-14(20)8-16(19)21/h2-8,11,17,23H,9-10H2,1H3/t17-/m0/s1. The van der Waals surface area contributed by atoms with Crippen LogP contribution in [0, 0.1) is 0 Å². The molecule has 6 heteroatoms. The van der Waals surface area contributed by atoms with Gasteiger partial charge in [0.05, 0.1) is 22.8 Å². The molecular weight excluding hydrogens is 361 g/mol. The summed E-state index contributed by atoms with van der Waals surface area (Å²) in [6.07, 6.45) is 0.776. The Morgan fingerprint density at radius 3 is 2.64 bits per heavy atom. The number of likely N-dealkylation sites (N-methyl/N-ethyl adjacent to an activating group) is 1. The monoisotopic (exact) mass is 377 g/mol. The van der Waals surface area contributed by atoms with Gasteiger partial charge in [-0.05, 0) is 24.7 Å². The van der Waals surface area contributed by atoms with Crippen LogP contribution in [-0.2, 0) is 6.54 Å². The minimum absolute atomic E-state index is 0.174. The molecule has 3 aromatic rings. The molecule has 1 N–H and O–H groups in total. The van der Waals surface area contributed by atoms with Gasteiger partial charge in [0.15, 0.2) is 11.0 Å². The molecule has 0 amide bonds. The second-order valence-corrected chi connectivity index (χ2v) is 6.82. The summed E-state index contributed by atoms with van der Waals surface area (Å²) in [6.45, 7) is 0.726. The molecule has 0 aliphatic rings. The largest absolute Gasteiger partial charge is 0.462 e. The fourth-order valence-electron chi connectivity index (χ4n) is 2.75. The van der Waals surface area contributed by atoms with Crippen LogP contribution in [0.3, 0.4) is 0 Å². The van der Waals surface area contributed by atoms with E-state index in [4.69, 9.17) is 27.6 Å². The van der Waals surface area contributed by atoms with Gasteiger partial charge in [-0.15, -0.1) is 0 Å². The van der Waals surface area contributed by atoms with Crippen molar-refractivity contribution in [2.45, 2.75) is 12.6 Å². The first-order valence-corrected chi connectivity index (χ1v) is 8.52. The second-order valence-electron chi connectivity index (χ2n) is 5.98. The molecule has 0 aliphatic heterocycles. The number of aliphatic hydroxyl groups is 1. The SMILES string of the molecule is CN(Cc1coc2c(Cl)cc(Cl)cc2c1=O)C[C@H](O)c1ccccc1. The zero-order valence-corrected chi connectivity index (χ0v) is 15.1. The molecular formula is C19H17Cl2NO3. The van der Waals surface area contributed by atoms with E-state index in [-0.39, 0.29) is 5.43 Å². The highest BCUT2D eigenvalue weighted by molar-refractivity contribution is 6.38. The first-order chi connectivity index (χ1) is 12.0. The lowest BCUT2D eigenvalue weighted by Gasteiger charge is -2.20. The molecule has 4 nitrogen and oxygen atoms in total. The van der Waals surface area contributed by atoms with Crippen LogP contribution in [0.4, 0.5) is 0 Å². The summed E-state index contributed by atoms with van der Waals surface area (Å²) in [5, 5.41) is 11.3. The Bertz CT molecular complexity index is 941. The van der Waals surface area contributed by atoms with Crippen molar-refractivity contribution >= 4 is 34.2 Å². The van der Waals surface area contributed by atoms with E-state index in [2.05, 4.69) is 0 Å². The third-order valence-corrected chi connectivity index (χ3v) is 4.47. The number of nitrogens with zero attached hydrogens (tertiary/aromatic N) is 1. The summed E-state index contributed by atoms with van der Waals surface area (Å²) in [6, 6.07) is 12.5. The molecule has 130 valence electrons. The van der Waals surface area contributed by atoms with Gasteiger partial charge in [0.2, 0.25) is 0 Å². The number of halogens is 2. The Labute approximate surface area is 155 Å².